The van der Waals surface area contributed by atoms with Crippen molar-refractivity contribution in [3.05, 3.63) is 29.8 Å². The molecule has 0 bridgehead atoms. The van der Waals surface area contributed by atoms with Gasteiger partial charge in [-0.25, -0.2) is 0 Å². The zero-order valence-electron chi connectivity index (χ0n) is 13.9. The maximum Gasteiger partial charge on any atom is 0.303 e. The van der Waals surface area contributed by atoms with Gasteiger partial charge in [0, 0.05) is 12.0 Å². The van der Waals surface area contributed by atoms with Gasteiger partial charge in [-0.15, -0.1) is 12.4 Å². The summed E-state index contributed by atoms with van der Waals surface area (Å²) in [6, 6.07) is 7.21. The van der Waals surface area contributed by atoms with Gasteiger partial charge in [0.2, 0.25) is 0 Å². The highest BCUT2D eigenvalue weighted by molar-refractivity contribution is 5.94. The molecule has 1 aromatic rings. The van der Waals surface area contributed by atoms with E-state index in [1.54, 1.807) is 12.1 Å². The maximum atomic E-state index is 10.3. The zero-order valence-corrected chi connectivity index (χ0v) is 14.7. The Balaban J connectivity index is 0.00000529. The fourth-order valence-electron chi connectivity index (χ4n) is 2.10. The first-order chi connectivity index (χ1) is 11.1. The zero-order chi connectivity index (χ0) is 16.9. The Kier molecular flexibility index (Phi) is 12.6. The predicted octanol–water partition coefficient (Wildman–Crippen LogP) is 2.79. The van der Waals surface area contributed by atoms with Crippen LogP contribution in [0.1, 0.15) is 44.1 Å². The minimum atomic E-state index is -0.714. The van der Waals surface area contributed by atoms with Crippen LogP contribution >= 0.6 is 12.4 Å². The lowest BCUT2D eigenvalue weighted by Crippen LogP contribution is -2.17. The fraction of sp³-hybridized carbons (Fsp3) is 0.529. The summed E-state index contributed by atoms with van der Waals surface area (Å²) in [6.45, 7) is 2.55. The molecular formula is C17H28ClN3O3. The van der Waals surface area contributed by atoms with Gasteiger partial charge in [0.15, 0.2) is 0 Å². The van der Waals surface area contributed by atoms with Gasteiger partial charge < -0.3 is 20.9 Å². The van der Waals surface area contributed by atoms with Gasteiger partial charge in [-0.2, -0.15) is 0 Å². The molecule has 24 heavy (non-hydrogen) atoms. The van der Waals surface area contributed by atoms with Crippen LogP contribution in [0.15, 0.2) is 24.3 Å². The Bertz CT molecular complexity index is 480. The van der Waals surface area contributed by atoms with Crippen LogP contribution in [0.25, 0.3) is 0 Å². The smallest absolute Gasteiger partial charge is 0.303 e. The number of carboxylic acids is 1. The predicted molar refractivity (Wildman–Crippen MR) is 98.4 cm³/mol. The molecule has 0 spiro atoms. The maximum absolute atomic E-state index is 10.3. The molecule has 5 N–H and O–H groups in total. The quantitative estimate of drug-likeness (QED) is 0.246. The normalized spacial score (nSPS) is 10.0. The third-order valence-corrected chi connectivity index (χ3v) is 3.43. The second kappa shape index (κ2) is 13.6. The summed E-state index contributed by atoms with van der Waals surface area (Å²) in [5.41, 5.74) is 6.09. The molecule has 136 valence electrons. The number of carbonyl (C=O) groups is 1. The highest BCUT2D eigenvalue weighted by Gasteiger charge is 1.98. The molecule has 0 amide bonds. The first-order valence-electron chi connectivity index (χ1n) is 8.09. The lowest BCUT2D eigenvalue weighted by molar-refractivity contribution is -0.137. The van der Waals surface area contributed by atoms with E-state index >= 15 is 0 Å². The lowest BCUT2D eigenvalue weighted by atomic mass is 10.2. The number of rotatable bonds is 13. The summed E-state index contributed by atoms with van der Waals surface area (Å²) < 4.78 is 5.63. The molecule has 0 aliphatic rings. The van der Waals surface area contributed by atoms with Crippen molar-refractivity contribution in [2.24, 2.45) is 5.73 Å². The van der Waals surface area contributed by atoms with Crippen molar-refractivity contribution >= 4 is 24.2 Å². The van der Waals surface area contributed by atoms with Gasteiger partial charge in [0.1, 0.15) is 11.6 Å². The van der Waals surface area contributed by atoms with E-state index in [4.69, 9.17) is 21.0 Å². The largest absolute Gasteiger partial charge is 0.494 e. The first kappa shape index (κ1) is 22.2. The standard InChI is InChI=1S/C17H27N3O3.ClH/c18-17(19)14-7-9-15(10-8-14)23-13-5-4-12-20-11-3-1-2-6-16(21)22;/h7-10,20H,1-6,11-13H2,(H3,18,19)(H,21,22);1H. The number of nitrogen functional groups attached to an aromatic ring is 1. The Morgan fingerprint density at radius 1 is 1.08 bits per heavy atom. The van der Waals surface area contributed by atoms with E-state index in [0.29, 0.717) is 12.2 Å². The summed E-state index contributed by atoms with van der Waals surface area (Å²) in [5.74, 6) is 0.140. The van der Waals surface area contributed by atoms with Crippen molar-refractivity contribution in [1.82, 2.24) is 5.32 Å². The number of nitrogens with two attached hydrogens (primary N) is 1. The average molecular weight is 358 g/mol. The Labute approximate surface area is 149 Å². The number of ether oxygens (including phenoxy) is 1. The third-order valence-electron chi connectivity index (χ3n) is 3.43. The number of amidine groups is 1. The summed E-state index contributed by atoms with van der Waals surface area (Å²) in [4.78, 5) is 10.3. The minimum Gasteiger partial charge on any atom is -0.494 e. The van der Waals surface area contributed by atoms with Crippen molar-refractivity contribution in [3.8, 4) is 5.75 Å². The number of hydrogen-bond donors (Lipinski definition) is 4. The molecular weight excluding hydrogens is 330 g/mol. The molecule has 0 aromatic heterocycles. The van der Waals surface area contributed by atoms with E-state index in [0.717, 1.165) is 50.9 Å². The molecule has 0 aliphatic carbocycles. The van der Waals surface area contributed by atoms with Gasteiger partial charge in [0.05, 0.1) is 6.61 Å². The van der Waals surface area contributed by atoms with Crippen LogP contribution in [0.3, 0.4) is 0 Å². The molecule has 1 rings (SSSR count). The number of hydrogen-bond acceptors (Lipinski definition) is 4. The van der Waals surface area contributed by atoms with Crippen molar-refractivity contribution < 1.29 is 14.6 Å². The molecule has 0 aliphatic heterocycles. The average Bonchev–Trinajstić information content (AvgIpc) is 2.52. The summed E-state index contributed by atoms with van der Waals surface area (Å²) in [5, 5.41) is 19.2. The van der Waals surface area contributed by atoms with Crippen molar-refractivity contribution in [1.29, 1.82) is 5.41 Å². The molecule has 6 nitrogen and oxygen atoms in total. The van der Waals surface area contributed by atoms with Gasteiger partial charge in [-0.3, -0.25) is 10.2 Å². The Hall–Kier alpha value is -1.79. The summed E-state index contributed by atoms with van der Waals surface area (Å²) in [6.07, 6.45) is 5.02. The second-order valence-corrected chi connectivity index (χ2v) is 5.45. The van der Waals surface area contributed by atoms with E-state index < -0.39 is 5.97 Å². The fourth-order valence-corrected chi connectivity index (χ4v) is 2.10. The summed E-state index contributed by atoms with van der Waals surface area (Å²) >= 11 is 0. The van der Waals surface area contributed by atoms with E-state index in [9.17, 15) is 4.79 Å². The molecule has 0 radical (unpaired) electrons. The van der Waals surface area contributed by atoms with E-state index in [1.165, 1.54) is 0 Å². The molecule has 0 unspecified atom stereocenters. The Morgan fingerprint density at radius 2 is 1.71 bits per heavy atom. The minimum absolute atomic E-state index is 0. The van der Waals surface area contributed by atoms with Crippen LogP contribution in [-0.4, -0.2) is 36.6 Å². The molecule has 7 heteroatoms. The van der Waals surface area contributed by atoms with Gasteiger partial charge in [-0.05, 0) is 63.0 Å². The second-order valence-electron chi connectivity index (χ2n) is 5.45. The molecule has 1 aromatic carbocycles. The molecule has 0 saturated carbocycles. The van der Waals surface area contributed by atoms with Crippen LogP contribution in [0.4, 0.5) is 0 Å². The van der Waals surface area contributed by atoms with E-state index in [1.807, 2.05) is 12.1 Å². The summed E-state index contributed by atoms with van der Waals surface area (Å²) in [7, 11) is 0. The molecule has 0 saturated heterocycles. The number of nitrogens with one attached hydrogen (secondary N) is 2. The van der Waals surface area contributed by atoms with Crippen LogP contribution in [0, 0.1) is 5.41 Å². The number of halogens is 1. The van der Waals surface area contributed by atoms with Gasteiger partial charge >= 0.3 is 5.97 Å². The van der Waals surface area contributed by atoms with Crippen molar-refractivity contribution in [2.75, 3.05) is 19.7 Å². The molecule has 0 atom stereocenters. The van der Waals surface area contributed by atoms with Crippen molar-refractivity contribution in [2.45, 2.75) is 38.5 Å². The van der Waals surface area contributed by atoms with Gasteiger partial charge in [-0.1, -0.05) is 6.42 Å². The van der Waals surface area contributed by atoms with E-state index in [2.05, 4.69) is 5.32 Å². The third kappa shape index (κ3) is 10.9. The number of aliphatic carboxylic acids is 1. The highest BCUT2D eigenvalue weighted by Crippen LogP contribution is 2.12. The van der Waals surface area contributed by atoms with Crippen LogP contribution < -0.4 is 15.8 Å². The van der Waals surface area contributed by atoms with Crippen LogP contribution in [-0.2, 0) is 4.79 Å². The number of unbranched alkanes of at least 4 members (excludes halogenated alkanes) is 3. The SMILES string of the molecule is Cl.N=C(N)c1ccc(OCCCCNCCCCCC(=O)O)cc1. The van der Waals surface area contributed by atoms with E-state index in [-0.39, 0.29) is 24.7 Å². The Morgan fingerprint density at radius 3 is 2.29 bits per heavy atom. The van der Waals surface area contributed by atoms with Crippen molar-refractivity contribution in [3.63, 3.8) is 0 Å². The lowest BCUT2D eigenvalue weighted by Gasteiger charge is -2.07. The van der Waals surface area contributed by atoms with Crippen LogP contribution in [0.5, 0.6) is 5.75 Å². The van der Waals surface area contributed by atoms with Gasteiger partial charge in [0.25, 0.3) is 0 Å². The highest BCUT2D eigenvalue weighted by atomic mass is 35.5. The first-order valence-corrected chi connectivity index (χ1v) is 8.09. The van der Waals surface area contributed by atoms with Crippen LogP contribution in [0.2, 0.25) is 0 Å². The molecule has 0 heterocycles. The molecule has 0 fully saturated rings. The monoisotopic (exact) mass is 357 g/mol. The number of carboxylic acid groups (broad SMARTS) is 1. The number of benzene rings is 1. The topological polar surface area (TPSA) is 108 Å².